The Morgan fingerprint density at radius 1 is 1.12 bits per heavy atom. The molecular weight excluding hydrogens is 312 g/mol. The number of nitrogens with zero attached hydrogens (tertiary/aromatic N) is 4. The molecule has 1 aliphatic heterocycles. The second-order valence-corrected chi connectivity index (χ2v) is 6.66. The van der Waals surface area contributed by atoms with Gasteiger partial charge >= 0.3 is 0 Å². The van der Waals surface area contributed by atoms with E-state index in [1.165, 1.54) is 11.1 Å². The molecule has 25 heavy (non-hydrogen) atoms. The summed E-state index contributed by atoms with van der Waals surface area (Å²) in [4.78, 5) is 6.77. The first kappa shape index (κ1) is 16.0. The van der Waals surface area contributed by atoms with Crippen molar-refractivity contribution in [3.63, 3.8) is 0 Å². The fourth-order valence-corrected chi connectivity index (χ4v) is 3.42. The van der Waals surface area contributed by atoms with Crippen molar-refractivity contribution in [1.82, 2.24) is 20.1 Å². The summed E-state index contributed by atoms with van der Waals surface area (Å²) in [6.07, 6.45) is 3.98. The van der Waals surface area contributed by atoms with Gasteiger partial charge in [0.05, 0.1) is 5.92 Å². The Hall–Kier alpha value is -2.53. The summed E-state index contributed by atoms with van der Waals surface area (Å²) in [6, 6.07) is 14.3. The molecule has 0 bridgehead atoms. The van der Waals surface area contributed by atoms with Crippen molar-refractivity contribution >= 4 is 0 Å². The second kappa shape index (κ2) is 7.15. The predicted octanol–water partition coefficient (Wildman–Crippen LogP) is 3.82. The van der Waals surface area contributed by atoms with E-state index in [2.05, 4.69) is 51.3 Å². The first-order valence-corrected chi connectivity index (χ1v) is 8.81. The van der Waals surface area contributed by atoms with Gasteiger partial charge in [-0.3, -0.25) is 9.88 Å². The Morgan fingerprint density at radius 3 is 2.84 bits per heavy atom. The van der Waals surface area contributed by atoms with Crippen LogP contribution in [0.4, 0.5) is 0 Å². The van der Waals surface area contributed by atoms with Crippen LogP contribution in [-0.4, -0.2) is 33.2 Å². The molecule has 1 fully saturated rings. The van der Waals surface area contributed by atoms with Gasteiger partial charge in [0.1, 0.15) is 5.69 Å². The molecule has 5 heteroatoms. The zero-order valence-electron chi connectivity index (χ0n) is 14.4. The molecule has 5 nitrogen and oxygen atoms in total. The zero-order chi connectivity index (χ0) is 17.1. The number of likely N-dealkylation sites (tertiary alicyclic amines) is 1. The SMILES string of the molecule is Cc1ccccc1CN1CCCC(c2nnc(-c3ccccn3)o2)C1. The average Bonchev–Trinajstić information content (AvgIpc) is 3.15. The Kier molecular flexibility index (Phi) is 4.57. The highest BCUT2D eigenvalue weighted by Crippen LogP contribution is 2.28. The molecule has 1 atom stereocenters. The number of hydrogen-bond donors (Lipinski definition) is 0. The molecule has 128 valence electrons. The van der Waals surface area contributed by atoms with Crippen molar-refractivity contribution in [2.75, 3.05) is 13.1 Å². The van der Waals surface area contributed by atoms with Gasteiger partial charge in [0.15, 0.2) is 0 Å². The lowest BCUT2D eigenvalue weighted by Gasteiger charge is -2.31. The molecule has 1 saturated heterocycles. The second-order valence-electron chi connectivity index (χ2n) is 6.66. The summed E-state index contributed by atoms with van der Waals surface area (Å²) in [5.41, 5.74) is 3.47. The van der Waals surface area contributed by atoms with Crippen molar-refractivity contribution in [1.29, 1.82) is 0 Å². The van der Waals surface area contributed by atoms with Gasteiger partial charge in [-0.25, -0.2) is 0 Å². The minimum Gasteiger partial charge on any atom is -0.419 e. The normalized spacial score (nSPS) is 18.4. The summed E-state index contributed by atoms with van der Waals surface area (Å²) in [6.45, 7) is 5.22. The lowest BCUT2D eigenvalue weighted by Crippen LogP contribution is -2.34. The predicted molar refractivity (Wildman–Crippen MR) is 96.0 cm³/mol. The van der Waals surface area contributed by atoms with E-state index in [4.69, 9.17) is 4.42 Å². The molecule has 0 radical (unpaired) electrons. The highest BCUT2D eigenvalue weighted by molar-refractivity contribution is 5.45. The minimum atomic E-state index is 0.294. The van der Waals surface area contributed by atoms with Gasteiger partial charge in [0.25, 0.3) is 5.89 Å². The molecule has 0 N–H and O–H groups in total. The van der Waals surface area contributed by atoms with Gasteiger partial charge in [-0.05, 0) is 49.6 Å². The van der Waals surface area contributed by atoms with Gasteiger partial charge in [-0.2, -0.15) is 0 Å². The van der Waals surface area contributed by atoms with Crippen LogP contribution in [0.2, 0.25) is 0 Å². The molecule has 0 spiro atoms. The fraction of sp³-hybridized carbons (Fsp3) is 0.350. The van der Waals surface area contributed by atoms with Crippen molar-refractivity contribution < 1.29 is 4.42 Å². The smallest absolute Gasteiger partial charge is 0.266 e. The molecule has 1 aromatic carbocycles. The summed E-state index contributed by atoms with van der Waals surface area (Å²) in [5.74, 6) is 1.53. The van der Waals surface area contributed by atoms with Crippen LogP contribution in [0.5, 0.6) is 0 Å². The van der Waals surface area contributed by atoms with Crippen LogP contribution in [0.1, 0.15) is 35.8 Å². The molecule has 2 aromatic heterocycles. The van der Waals surface area contributed by atoms with Crippen LogP contribution in [0, 0.1) is 6.92 Å². The van der Waals surface area contributed by atoms with Gasteiger partial charge < -0.3 is 4.42 Å². The molecule has 0 aliphatic carbocycles. The van der Waals surface area contributed by atoms with E-state index in [9.17, 15) is 0 Å². The Labute approximate surface area is 147 Å². The maximum absolute atomic E-state index is 5.92. The number of pyridine rings is 1. The van der Waals surface area contributed by atoms with Crippen LogP contribution < -0.4 is 0 Å². The highest BCUT2D eigenvalue weighted by atomic mass is 16.4. The topological polar surface area (TPSA) is 55.1 Å². The average molecular weight is 334 g/mol. The summed E-state index contributed by atoms with van der Waals surface area (Å²) >= 11 is 0. The summed E-state index contributed by atoms with van der Waals surface area (Å²) in [5, 5.41) is 8.48. The number of benzene rings is 1. The van der Waals surface area contributed by atoms with Crippen molar-refractivity contribution in [3.8, 4) is 11.6 Å². The maximum Gasteiger partial charge on any atom is 0.266 e. The van der Waals surface area contributed by atoms with E-state index in [1.54, 1.807) is 6.20 Å². The first-order valence-electron chi connectivity index (χ1n) is 8.81. The first-order chi connectivity index (χ1) is 12.3. The van der Waals surface area contributed by atoms with Crippen molar-refractivity contribution in [3.05, 3.63) is 65.7 Å². The highest BCUT2D eigenvalue weighted by Gasteiger charge is 2.26. The summed E-state index contributed by atoms with van der Waals surface area (Å²) in [7, 11) is 0. The largest absolute Gasteiger partial charge is 0.419 e. The van der Waals surface area contributed by atoms with E-state index < -0.39 is 0 Å². The maximum atomic E-state index is 5.92. The van der Waals surface area contributed by atoms with Gasteiger partial charge in [-0.1, -0.05) is 30.3 Å². The molecule has 0 amide bonds. The van der Waals surface area contributed by atoms with E-state index in [1.807, 2.05) is 18.2 Å². The van der Waals surface area contributed by atoms with Crippen molar-refractivity contribution in [2.24, 2.45) is 0 Å². The van der Waals surface area contributed by atoms with E-state index >= 15 is 0 Å². The van der Waals surface area contributed by atoms with Crippen LogP contribution in [0.25, 0.3) is 11.6 Å². The number of aromatic nitrogens is 3. The third kappa shape index (κ3) is 3.61. The summed E-state index contributed by atoms with van der Waals surface area (Å²) < 4.78 is 5.92. The molecule has 0 saturated carbocycles. The Morgan fingerprint density at radius 2 is 2.00 bits per heavy atom. The lowest BCUT2D eigenvalue weighted by molar-refractivity contribution is 0.186. The lowest BCUT2D eigenvalue weighted by atomic mass is 9.97. The number of aryl methyl sites for hydroxylation is 1. The number of hydrogen-bond acceptors (Lipinski definition) is 5. The van der Waals surface area contributed by atoms with Gasteiger partial charge in [0.2, 0.25) is 5.89 Å². The molecule has 3 aromatic rings. The van der Waals surface area contributed by atoms with Crippen LogP contribution in [0.15, 0.2) is 53.1 Å². The Balaban J connectivity index is 1.46. The third-order valence-corrected chi connectivity index (χ3v) is 4.83. The van der Waals surface area contributed by atoms with E-state index in [0.29, 0.717) is 11.8 Å². The Bertz CT molecular complexity index is 830. The fourth-order valence-electron chi connectivity index (χ4n) is 3.42. The molecular formula is C20H22N4O. The van der Waals surface area contributed by atoms with E-state index in [0.717, 1.165) is 44.1 Å². The molecule has 1 unspecified atom stereocenters. The van der Waals surface area contributed by atoms with Gasteiger partial charge in [0, 0.05) is 19.3 Å². The molecule has 4 rings (SSSR count). The van der Waals surface area contributed by atoms with Gasteiger partial charge in [-0.15, -0.1) is 10.2 Å². The van der Waals surface area contributed by atoms with Crippen LogP contribution in [-0.2, 0) is 6.54 Å². The third-order valence-electron chi connectivity index (χ3n) is 4.83. The molecule has 3 heterocycles. The quantitative estimate of drug-likeness (QED) is 0.726. The van der Waals surface area contributed by atoms with Crippen LogP contribution in [0.3, 0.4) is 0 Å². The minimum absolute atomic E-state index is 0.294. The molecule has 1 aliphatic rings. The zero-order valence-corrected chi connectivity index (χ0v) is 14.4. The number of piperidine rings is 1. The van der Waals surface area contributed by atoms with E-state index in [-0.39, 0.29) is 0 Å². The number of rotatable bonds is 4. The van der Waals surface area contributed by atoms with Crippen LogP contribution >= 0.6 is 0 Å². The standard InChI is InChI=1S/C20H22N4O/c1-15-7-2-3-8-16(15)13-24-12-6-9-17(14-24)19-22-23-20(25-19)18-10-4-5-11-21-18/h2-5,7-8,10-11,17H,6,9,12-14H2,1H3. The monoisotopic (exact) mass is 334 g/mol. The van der Waals surface area contributed by atoms with Crippen molar-refractivity contribution in [2.45, 2.75) is 32.2 Å².